The molecule has 2 rings (SSSR count). The first-order valence-corrected chi connectivity index (χ1v) is 7.52. The fourth-order valence-corrected chi connectivity index (χ4v) is 2.25. The zero-order valence-electron chi connectivity index (χ0n) is 12.9. The molecule has 0 aliphatic rings. The molecule has 0 aromatic heterocycles. The number of carbonyl (C=O) groups excluding carboxylic acids is 2. The van der Waals surface area contributed by atoms with Gasteiger partial charge in [0.25, 0.3) is 0 Å². The maximum absolute atomic E-state index is 12.3. The highest BCUT2D eigenvalue weighted by molar-refractivity contribution is 7.82. The molecule has 3 amide bonds. The van der Waals surface area contributed by atoms with Crippen molar-refractivity contribution in [3.63, 3.8) is 0 Å². The summed E-state index contributed by atoms with van der Waals surface area (Å²) in [6, 6.07) is 14.5. The number of benzene rings is 2. The molecule has 3 N–H and O–H groups in total. The molecule has 0 fully saturated rings. The van der Waals surface area contributed by atoms with Crippen LogP contribution in [0.2, 0.25) is 0 Å². The fraction of sp³-hybridized carbons (Fsp3) is 0.118. The molecule has 0 heterocycles. The predicted octanol–water partition coefficient (Wildman–Crippen LogP) is 2.78. The number of primary amides is 1. The third-order valence-electron chi connectivity index (χ3n) is 3.47. The number of amides is 3. The van der Waals surface area contributed by atoms with Crippen LogP contribution in [-0.4, -0.2) is 11.9 Å². The molecule has 7 heteroatoms. The van der Waals surface area contributed by atoms with Crippen LogP contribution in [-0.2, 0) is 0 Å². The molecule has 0 spiro atoms. The van der Waals surface area contributed by atoms with Crippen LogP contribution in [0.15, 0.2) is 48.5 Å². The number of hydrogen-bond acceptors (Lipinski definition) is 4. The Hall–Kier alpha value is -2.98. The van der Waals surface area contributed by atoms with Crippen molar-refractivity contribution in [2.75, 3.05) is 4.31 Å². The lowest BCUT2D eigenvalue weighted by molar-refractivity contribution is 0.100. The summed E-state index contributed by atoms with van der Waals surface area (Å²) in [6.07, 6.45) is 0. The lowest BCUT2D eigenvalue weighted by Crippen LogP contribution is -2.35. The number of rotatable bonds is 4. The smallest absolute Gasteiger partial charge is 0.332 e. The second-order valence-corrected chi connectivity index (χ2v) is 5.53. The van der Waals surface area contributed by atoms with Gasteiger partial charge in [-0.3, -0.25) is 4.79 Å². The van der Waals surface area contributed by atoms with Gasteiger partial charge in [0, 0.05) is 5.56 Å². The predicted molar refractivity (Wildman–Crippen MR) is 94.5 cm³/mol. The van der Waals surface area contributed by atoms with Crippen LogP contribution >= 0.6 is 12.8 Å². The zero-order chi connectivity index (χ0) is 17.7. The maximum Gasteiger partial charge on any atom is 0.332 e. The van der Waals surface area contributed by atoms with Gasteiger partial charge >= 0.3 is 6.03 Å². The van der Waals surface area contributed by atoms with Crippen LogP contribution in [0, 0.1) is 11.3 Å². The Morgan fingerprint density at radius 3 is 2.25 bits per heavy atom. The molecule has 2 aromatic carbocycles. The van der Waals surface area contributed by atoms with Crippen molar-refractivity contribution in [1.82, 2.24) is 5.32 Å². The summed E-state index contributed by atoms with van der Waals surface area (Å²) in [7, 11) is 0. The third-order valence-corrected chi connectivity index (χ3v) is 3.88. The van der Waals surface area contributed by atoms with E-state index in [0.29, 0.717) is 16.8 Å². The summed E-state index contributed by atoms with van der Waals surface area (Å²) in [5.41, 5.74) is 7.47. The molecule has 0 radical (unpaired) electrons. The van der Waals surface area contributed by atoms with E-state index in [0.717, 1.165) is 9.87 Å². The molecule has 0 saturated heterocycles. The van der Waals surface area contributed by atoms with Gasteiger partial charge in [0.1, 0.15) is 0 Å². The molecule has 1 atom stereocenters. The number of nitrogens with one attached hydrogen (secondary N) is 1. The van der Waals surface area contributed by atoms with Gasteiger partial charge in [-0.25, -0.2) is 9.10 Å². The van der Waals surface area contributed by atoms with E-state index < -0.39 is 11.9 Å². The number of nitriles is 1. The Bertz CT molecular complexity index is 782. The van der Waals surface area contributed by atoms with E-state index in [1.807, 2.05) is 13.0 Å². The van der Waals surface area contributed by atoms with E-state index in [9.17, 15) is 9.59 Å². The molecule has 0 aliphatic heterocycles. The Kier molecular flexibility index (Phi) is 5.45. The first-order chi connectivity index (χ1) is 11.4. The Balaban J connectivity index is 2.04. The van der Waals surface area contributed by atoms with E-state index in [1.54, 1.807) is 36.4 Å². The van der Waals surface area contributed by atoms with Crippen LogP contribution in [0.25, 0.3) is 0 Å². The molecular weight excluding hydrogens is 324 g/mol. The van der Waals surface area contributed by atoms with Gasteiger partial charge in [0.2, 0.25) is 5.91 Å². The van der Waals surface area contributed by atoms with E-state index >= 15 is 0 Å². The second-order valence-electron chi connectivity index (χ2n) is 5.13. The number of nitrogens with zero attached hydrogens (tertiary/aromatic N) is 2. The van der Waals surface area contributed by atoms with Crippen LogP contribution < -0.4 is 15.4 Å². The fourth-order valence-electron chi connectivity index (χ4n) is 2.06. The van der Waals surface area contributed by atoms with Crippen LogP contribution in [0.4, 0.5) is 10.5 Å². The standard InChI is InChI=1S/C17H16N4O2S/c1-11(13-4-2-12(10-18)3-5-13)20-17(23)21(24)15-8-6-14(7-9-15)16(19)22/h2-9,11,24H,1H3,(H2,19,22)(H,20,23). The van der Waals surface area contributed by atoms with Gasteiger partial charge in [-0.05, 0) is 48.9 Å². The average molecular weight is 340 g/mol. The SMILES string of the molecule is CC(NC(=O)N(S)c1ccc(C(N)=O)cc1)c1ccc(C#N)cc1. The minimum Gasteiger partial charge on any atom is -0.366 e. The van der Waals surface area contributed by atoms with Crippen LogP contribution in [0.1, 0.15) is 34.5 Å². The number of carbonyl (C=O) groups is 2. The maximum atomic E-state index is 12.3. The molecule has 0 saturated carbocycles. The van der Waals surface area contributed by atoms with Crippen molar-refractivity contribution >= 4 is 30.4 Å². The van der Waals surface area contributed by atoms with Gasteiger partial charge in [0.05, 0.1) is 23.4 Å². The van der Waals surface area contributed by atoms with E-state index in [2.05, 4.69) is 18.1 Å². The average Bonchev–Trinajstić information content (AvgIpc) is 2.61. The molecule has 1 unspecified atom stereocenters. The van der Waals surface area contributed by atoms with Crippen LogP contribution in [0.3, 0.4) is 0 Å². The van der Waals surface area contributed by atoms with Crippen molar-refractivity contribution < 1.29 is 9.59 Å². The molecule has 6 nitrogen and oxygen atoms in total. The summed E-state index contributed by atoms with van der Waals surface area (Å²) in [6.45, 7) is 1.83. The third kappa shape index (κ3) is 4.06. The summed E-state index contributed by atoms with van der Waals surface area (Å²) in [4.78, 5) is 23.3. The summed E-state index contributed by atoms with van der Waals surface area (Å²) < 4.78 is 1.14. The zero-order valence-corrected chi connectivity index (χ0v) is 13.8. The highest BCUT2D eigenvalue weighted by atomic mass is 32.1. The molecule has 122 valence electrons. The Labute approximate surface area is 145 Å². The lowest BCUT2D eigenvalue weighted by atomic mass is 10.1. The first-order valence-electron chi connectivity index (χ1n) is 7.12. The highest BCUT2D eigenvalue weighted by Crippen LogP contribution is 2.19. The van der Waals surface area contributed by atoms with Crippen LogP contribution in [0.5, 0.6) is 0 Å². The van der Waals surface area contributed by atoms with Crippen molar-refractivity contribution in [2.45, 2.75) is 13.0 Å². The van der Waals surface area contributed by atoms with Crippen molar-refractivity contribution in [2.24, 2.45) is 5.73 Å². The monoisotopic (exact) mass is 340 g/mol. The number of nitrogens with two attached hydrogens (primary N) is 1. The number of hydrogen-bond donors (Lipinski definition) is 3. The minimum absolute atomic E-state index is 0.259. The van der Waals surface area contributed by atoms with Gasteiger partial charge < -0.3 is 11.1 Å². The first kappa shape index (κ1) is 17.4. The molecule has 2 aromatic rings. The Morgan fingerprint density at radius 2 is 1.75 bits per heavy atom. The van der Waals surface area contributed by atoms with E-state index in [1.165, 1.54) is 12.1 Å². The van der Waals surface area contributed by atoms with E-state index in [4.69, 9.17) is 11.0 Å². The van der Waals surface area contributed by atoms with E-state index in [-0.39, 0.29) is 6.04 Å². The van der Waals surface area contributed by atoms with Crippen molar-refractivity contribution in [3.05, 3.63) is 65.2 Å². The normalized spacial score (nSPS) is 11.2. The largest absolute Gasteiger partial charge is 0.366 e. The number of urea groups is 1. The van der Waals surface area contributed by atoms with Gasteiger partial charge in [-0.15, -0.1) is 0 Å². The molecule has 24 heavy (non-hydrogen) atoms. The van der Waals surface area contributed by atoms with Gasteiger partial charge in [-0.1, -0.05) is 24.9 Å². The van der Waals surface area contributed by atoms with Crippen molar-refractivity contribution in [3.8, 4) is 6.07 Å². The quantitative estimate of drug-likeness (QED) is 0.746. The topological polar surface area (TPSA) is 99.2 Å². The van der Waals surface area contributed by atoms with Crippen molar-refractivity contribution in [1.29, 1.82) is 5.26 Å². The number of anilines is 1. The molecule has 0 aliphatic carbocycles. The molecule has 0 bridgehead atoms. The summed E-state index contributed by atoms with van der Waals surface area (Å²) >= 11 is 4.18. The second kappa shape index (κ2) is 7.53. The molecular formula is C17H16N4O2S. The van der Waals surface area contributed by atoms with Gasteiger partial charge in [-0.2, -0.15) is 5.26 Å². The summed E-state index contributed by atoms with van der Waals surface area (Å²) in [5.74, 6) is -0.536. The minimum atomic E-state index is -0.536. The number of thiol groups is 1. The lowest BCUT2D eigenvalue weighted by Gasteiger charge is -2.20. The summed E-state index contributed by atoms with van der Waals surface area (Å²) in [5, 5.41) is 11.6. The Morgan fingerprint density at radius 1 is 1.17 bits per heavy atom. The van der Waals surface area contributed by atoms with Gasteiger partial charge in [0.15, 0.2) is 0 Å². The highest BCUT2D eigenvalue weighted by Gasteiger charge is 2.16.